The van der Waals surface area contributed by atoms with Gasteiger partial charge in [0.15, 0.2) is 29.6 Å². The van der Waals surface area contributed by atoms with Crippen LogP contribution >= 0.6 is 11.8 Å². The van der Waals surface area contributed by atoms with Gasteiger partial charge in [-0.15, -0.1) is 11.8 Å². The SMILES string of the molecule is CC[C@H]1OC(=O)C(C)[C@@H](OC2C[C@@](C)(OC)[C@@H](O)[C@H](C)O2)[C@H](C)[C@@H](O[C@@H]2OC(C)CC(N(C)C)[C@H]2O)C(C)(OC)C[C@@H](C)C(=O)[C@H](C)[C@H]2[C@H](SCCn3cnc4c(N)nc(NCc5cccnc5)nc43)C(=O)O[C@@]21C. The maximum atomic E-state index is 15.3. The van der Waals surface area contributed by atoms with E-state index < -0.39 is 113 Å². The van der Waals surface area contributed by atoms with Crippen molar-refractivity contribution in [3.63, 3.8) is 0 Å². The summed E-state index contributed by atoms with van der Waals surface area (Å²) in [6.07, 6.45) is -2.09. The predicted molar refractivity (Wildman–Crippen MR) is 280 cm³/mol. The summed E-state index contributed by atoms with van der Waals surface area (Å²) in [5.41, 5.74) is 4.43. The van der Waals surface area contributed by atoms with Crippen LogP contribution < -0.4 is 11.1 Å². The lowest BCUT2D eigenvalue weighted by atomic mass is 9.70. The fourth-order valence-electron chi connectivity index (χ4n) is 12.1. The third-order valence-electron chi connectivity index (χ3n) is 16.6. The number of likely N-dealkylation sites (N-methyl/N-ethyl adjacent to an activating group) is 1. The average molecular weight is 1070 g/mol. The highest BCUT2D eigenvalue weighted by Crippen LogP contribution is 2.49. The van der Waals surface area contributed by atoms with E-state index in [0.29, 0.717) is 42.4 Å². The largest absolute Gasteiger partial charge is 0.458 e. The zero-order chi connectivity index (χ0) is 54.9. The standard InChI is InChI=1S/C53H82N8O13S/c1-15-35-53(10)37(42(48(66)74-53)75-20-19-61-26-57-38-45(54)58-50(59-46(38)61)56-25-33-17-16-18-55-24-33)29(4)39(62)27(2)22-52(9,68-14)44(73-49-40(63)34(60(11)12)21-28(3)69-49)30(5)41(31(6)47(65)71-35)72-36-23-51(8,67-13)43(64)32(7)70-36/h16-18,24,26-32,34-37,40-44,49,63-64H,15,19-23,25H2,1-14H3,(H3,54,56,58,59)/t27-,28?,29-,30+,31?,32+,34?,35-,36?,37+,40-,41+,42+,43+,44-,49+,51-,52?,53-/m1/s1. The second-order valence-electron chi connectivity index (χ2n) is 22.1. The van der Waals surface area contributed by atoms with Crippen molar-refractivity contribution in [1.29, 1.82) is 0 Å². The number of methoxy groups -OCH3 is 2. The van der Waals surface area contributed by atoms with Gasteiger partial charge in [-0.2, -0.15) is 9.97 Å². The van der Waals surface area contributed by atoms with Gasteiger partial charge in [0.05, 0.1) is 47.9 Å². The van der Waals surface area contributed by atoms with Gasteiger partial charge in [-0.1, -0.05) is 33.8 Å². The second kappa shape index (κ2) is 23.9. The third kappa shape index (κ3) is 12.1. The Kier molecular flexibility index (Phi) is 18.6. The highest BCUT2D eigenvalue weighted by molar-refractivity contribution is 8.00. The summed E-state index contributed by atoms with van der Waals surface area (Å²) in [5, 5.41) is 25.4. The van der Waals surface area contributed by atoms with Crippen molar-refractivity contribution >= 4 is 52.4 Å². The molecule has 7 heterocycles. The van der Waals surface area contributed by atoms with Crippen LogP contribution in [0.1, 0.15) is 100 Å². The van der Waals surface area contributed by atoms with Gasteiger partial charge >= 0.3 is 11.9 Å². The Morgan fingerprint density at radius 3 is 2.33 bits per heavy atom. The number of ether oxygens (including phenoxy) is 8. The van der Waals surface area contributed by atoms with E-state index in [9.17, 15) is 15.0 Å². The summed E-state index contributed by atoms with van der Waals surface area (Å²) in [4.78, 5) is 64.5. The first-order chi connectivity index (χ1) is 35.4. The van der Waals surface area contributed by atoms with Crippen LogP contribution in [0, 0.1) is 29.6 Å². The normalized spacial score (nSPS) is 39.2. The number of anilines is 2. The fourth-order valence-corrected chi connectivity index (χ4v) is 13.5. The van der Waals surface area contributed by atoms with E-state index in [1.165, 1.54) is 18.9 Å². The van der Waals surface area contributed by atoms with E-state index in [0.717, 1.165) is 5.56 Å². The molecule has 3 aromatic rings. The Hall–Kier alpha value is -4.10. The number of ketones is 1. The number of rotatable bonds is 15. The van der Waals surface area contributed by atoms with Gasteiger partial charge in [0.2, 0.25) is 5.95 Å². The van der Waals surface area contributed by atoms with Gasteiger partial charge in [-0.05, 0) is 86.5 Å². The van der Waals surface area contributed by atoms with Gasteiger partial charge in [0, 0.05) is 81.6 Å². The molecule has 418 valence electrons. The number of pyridine rings is 1. The smallest absolute Gasteiger partial charge is 0.320 e. The zero-order valence-electron chi connectivity index (χ0n) is 46.1. The first-order valence-electron chi connectivity index (χ1n) is 26.3. The third-order valence-corrected chi connectivity index (χ3v) is 17.8. The van der Waals surface area contributed by atoms with Crippen LogP contribution in [-0.2, 0) is 65.4 Å². The van der Waals surface area contributed by atoms with E-state index in [1.54, 1.807) is 53.5 Å². The van der Waals surface area contributed by atoms with Gasteiger partial charge < -0.3 is 68.6 Å². The number of aryl methyl sites for hydroxylation is 1. The van der Waals surface area contributed by atoms with Crippen LogP contribution in [0.15, 0.2) is 30.9 Å². The van der Waals surface area contributed by atoms with E-state index >= 15 is 9.59 Å². The van der Waals surface area contributed by atoms with Crippen LogP contribution in [0.25, 0.3) is 11.2 Å². The monoisotopic (exact) mass is 1070 g/mol. The van der Waals surface area contributed by atoms with Crippen molar-refractivity contribution in [2.75, 3.05) is 45.1 Å². The van der Waals surface area contributed by atoms with E-state index in [-0.39, 0.29) is 43.0 Å². The lowest BCUT2D eigenvalue weighted by Crippen LogP contribution is -2.61. The number of thioether (sulfide) groups is 1. The van der Waals surface area contributed by atoms with Gasteiger partial charge in [-0.3, -0.25) is 19.4 Å². The Balaban J connectivity index is 1.23. The Bertz CT molecular complexity index is 2440. The summed E-state index contributed by atoms with van der Waals surface area (Å²) in [5.74, 6) is -4.42. The zero-order valence-corrected chi connectivity index (χ0v) is 46.9. The minimum Gasteiger partial charge on any atom is -0.458 e. The molecule has 3 aromatic heterocycles. The molecular weight excluding hydrogens is 989 g/mol. The predicted octanol–water partition coefficient (Wildman–Crippen LogP) is 4.79. The average Bonchev–Trinajstić information content (AvgIpc) is 3.91. The second-order valence-corrected chi connectivity index (χ2v) is 23.4. The molecule has 0 aromatic carbocycles. The van der Waals surface area contributed by atoms with Gasteiger partial charge in [0.1, 0.15) is 34.9 Å². The molecule has 5 N–H and O–H groups in total. The molecule has 4 aliphatic heterocycles. The topological polar surface area (TPSA) is 263 Å². The number of carbonyl (C=O) groups excluding carboxylic acids is 3. The molecule has 22 heteroatoms. The summed E-state index contributed by atoms with van der Waals surface area (Å²) in [7, 11) is 6.84. The molecule has 0 saturated carbocycles. The molecule has 0 bridgehead atoms. The quantitative estimate of drug-likeness (QED) is 0.149. The van der Waals surface area contributed by atoms with Crippen LogP contribution in [0.5, 0.6) is 0 Å². The Labute approximate surface area is 445 Å². The van der Waals surface area contributed by atoms with Crippen molar-refractivity contribution in [3.8, 4) is 0 Å². The molecule has 0 spiro atoms. The number of Topliss-reactive ketones (excluding diaryl/α,β-unsaturated/α-hetero) is 1. The number of nitrogens with one attached hydrogen (secondary N) is 1. The number of aromatic nitrogens is 5. The number of nitrogens with two attached hydrogens (primary N) is 1. The highest BCUT2D eigenvalue weighted by atomic mass is 32.2. The lowest BCUT2D eigenvalue weighted by Gasteiger charge is -2.50. The molecule has 4 aliphatic rings. The number of fused-ring (bicyclic) bond motifs is 2. The molecule has 0 aliphatic carbocycles. The first-order valence-corrected chi connectivity index (χ1v) is 27.4. The number of cyclic esters (lactones) is 1. The molecule has 4 saturated heterocycles. The summed E-state index contributed by atoms with van der Waals surface area (Å²) >= 11 is 1.35. The molecule has 4 fully saturated rings. The molecule has 0 radical (unpaired) electrons. The molecule has 5 unspecified atom stereocenters. The number of imidazole rings is 1. The molecule has 19 atom stereocenters. The van der Waals surface area contributed by atoms with Crippen LogP contribution in [0.2, 0.25) is 0 Å². The van der Waals surface area contributed by atoms with Crippen molar-refractivity contribution < 1.29 is 62.5 Å². The Morgan fingerprint density at radius 2 is 1.68 bits per heavy atom. The molecule has 21 nitrogen and oxygen atoms in total. The number of hydrogen-bond acceptors (Lipinski definition) is 21. The number of nitrogen functional groups attached to an aromatic ring is 1. The van der Waals surface area contributed by atoms with Crippen molar-refractivity contribution in [2.45, 2.75) is 191 Å². The van der Waals surface area contributed by atoms with Crippen LogP contribution in [-0.4, -0.2) is 175 Å². The molecular formula is C53H82N8O13S. The van der Waals surface area contributed by atoms with E-state index in [2.05, 4.69) is 20.3 Å². The molecule has 0 amide bonds. The Morgan fingerprint density at radius 1 is 0.960 bits per heavy atom. The maximum Gasteiger partial charge on any atom is 0.320 e. The first kappa shape index (κ1) is 58.6. The number of hydrogen-bond donors (Lipinski definition) is 4. The number of esters is 2. The summed E-state index contributed by atoms with van der Waals surface area (Å²) < 4.78 is 53.8. The van der Waals surface area contributed by atoms with E-state index in [1.807, 2.05) is 77.2 Å². The van der Waals surface area contributed by atoms with Crippen molar-refractivity contribution in [3.05, 3.63) is 36.4 Å². The van der Waals surface area contributed by atoms with E-state index in [4.69, 9.17) is 48.6 Å². The minimum atomic E-state index is -1.44. The van der Waals surface area contributed by atoms with Crippen molar-refractivity contribution in [2.24, 2.45) is 29.6 Å². The van der Waals surface area contributed by atoms with Crippen LogP contribution in [0.3, 0.4) is 0 Å². The molecule has 75 heavy (non-hydrogen) atoms. The van der Waals surface area contributed by atoms with Gasteiger partial charge in [0.25, 0.3) is 0 Å². The lowest BCUT2D eigenvalue weighted by molar-refractivity contribution is -0.319. The summed E-state index contributed by atoms with van der Waals surface area (Å²) in [6, 6.07) is 3.47. The molecule has 7 rings (SSSR count). The number of nitrogens with zero attached hydrogens (tertiary/aromatic N) is 6. The van der Waals surface area contributed by atoms with Crippen LogP contribution in [0.4, 0.5) is 11.8 Å². The van der Waals surface area contributed by atoms with Gasteiger partial charge in [-0.25, -0.2) is 4.98 Å². The van der Waals surface area contributed by atoms with Crippen molar-refractivity contribution in [1.82, 2.24) is 29.4 Å². The number of aliphatic hydroxyl groups is 2. The minimum absolute atomic E-state index is 0.110. The fraction of sp³-hybridized carbons (Fsp3) is 0.755. The maximum absolute atomic E-state index is 15.3. The highest BCUT2D eigenvalue weighted by Gasteiger charge is 2.62. The number of carbonyl (C=O) groups is 3. The summed E-state index contributed by atoms with van der Waals surface area (Å²) in [6.45, 7) is 18.9. The number of aliphatic hydroxyl groups excluding tert-OH is 2.